The summed E-state index contributed by atoms with van der Waals surface area (Å²) in [5, 5.41) is 7.58. The lowest BCUT2D eigenvalue weighted by atomic mass is 9.91. The van der Waals surface area contributed by atoms with Gasteiger partial charge in [-0.15, -0.1) is 0 Å². The molecule has 1 saturated carbocycles. The number of hydrogen-bond acceptors (Lipinski definition) is 10. The Balaban J connectivity index is 0.882. The lowest BCUT2D eigenvalue weighted by Crippen LogP contribution is -2.55. The van der Waals surface area contributed by atoms with E-state index in [1.54, 1.807) is 10.8 Å². The first-order chi connectivity index (χ1) is 25.4. The molecule has 3 saturated heterocycles. The summed E-state index contributed by atoms with van der Waals surface area (Å²) >= 11 is 0. The Kier molecular flexibility index (Phi) is 10.3. The number of nitrogens with one attached hydrogen (secondary N) is 2. The summed E-state index contributed by atoms with van der Waals surface area (Å²) < 4.78 is 1.75. The molecule has 274 valence electrons. The molecule has 4 aromatic rings. The topological polar surface area (TPSA) is 112 Å². The largest absolute Gasteiger partial charge is 0.369 e. The predicted octanol–water partition coefficient (Wildman–Crippen LogP) is 5.81. The predicted molar refractivity (Wildman–Crippen MR) is 207 cm³/mol. The number of rotatable bonds is 9. The van der Waals surface area contributed by atoms with Crippen molar-refractivity contribution in [2.24, 2.45) is 0 Å². The standard InChI is InChI=1S/C41H53N9O2/c1-28-36-25-44-41(46-39(36)50(33-10-3-4-11-33)40(52)38(28)29(2)51)45-37-15-14-30(23-43-37)26-47-17-7-13-35(27-47)49-20-18-48(19-21-49)34-12-5-8-31(22-34)32-9-6-16-42-24-32/h5,8,12,14-15,22-23,25,32-33,35,42H,3-4,6-7,9-11,13,16-21,24,26-27H2,1-2H3,(H,43,44,45,46). The molecule has 8 rings (SSSR count). The van der Waals surface area contributed by atoms with Crippen molar-refractivity contribution in [3.63, 3.8) is 0 Å². The van der Waals surface area contributed by atoms with E-state index in [9.17, 15) is 9.59 Å². The third-order valence-electron chi connectivity index (χ3n) is 12.0. The second-order valence-electron chi connectivity index (χ2n) is 15.5. The zero-order valence-electron chi connectivity index (χ0n) is 30.8. The van der Waals surface area contributed by atoms with Crippen molar-refractivity contribution in [3.8, 4) is 0 Å². The average molecular weight is 704 g/mol. The second kappa shape index (κ2) is 15.4. The van der Waals surface area contributed by atoms with Crippen LogP contribution in [0.4, 0.5) is 17.5 Å². The van der Waals surface area contributed by atoms with Crippen LogP contribution in [0, 0.1) is 6.92 Å². The molecule has 0 spiro atoms. The smallest absolute Gasteiger partial charge is 0.263 e. The number of benzene rings is 1. The van der Waals surface area contributed by atoms with Gasteiger partial charge in [-0.1, -0.05) is 31.0 Å². The fraction of sp³-hybridized carbons (Fsp3) is 0.537. The van der Waals surface area contributed by atoms with Gasteiger partial charge >= 0.3 is 0 Å². The molecule has 0 bridgehead atoms. The zero-order valence-corrected chi connectivity index (χ0v) is 30.8. The van der Waals surface area contributed by atoms with Gasteiger partial charge in [0.2, 0.25) is 5.95 Å². The number of piperidine rings is 2. The highest BCUT2D eigenvalue weighted by Crippen LogP contribution is 2.32. The Labute approximate surface area is 306 Å². The summed E-state index contributed by atoms with van der Waals surface area (Å²) in [5.41, 5.74) is 5.28. The number of anilines is 3. The maximum Gasteiger partial charge on any atom is 0.263 e. The first-order valence-electron chi connectivity index (χ1n) is 19.6. The van der Waals surface area contributed by atoms with Gasteiger partial charge < -0.3 is 15.5 Å². The van der Waals surface area contributed by atoms with Crippen LogP contribution in [0.2, 0.25) is 0 Å². The highest BCUT2D eigenvalue weighted by Gasteiger charge is 2.29. The van der Waals surface area contributed by atoms with Gasteiger partial charge in [0.1, 0.15) is 11.5 Å². The Hall–Kier alpha value is -4.19. The molecule has 0 amide bonds. The fourth-order valence-electron chi connectivity index (χ4n) is 9.20. The maximum atomic E-state index is 13.6. The third-order valence-corrected chi connectivity index (χ3v) is 12.0. The molecular formula is C41H53N9O2. The zero-order chi connectivity index (χ0) is 35.6. The summed E-state index contributed by atoms with van der Waals surface area (Å²) in [6.45, 7) is 13.0. The summed E-state index contributed by atoms with van der Waals surface area (Å²) in [6.07, 6.45) is 12.7. The van der Waals surface area contributed by atoms with E-state index in [4.69, 9.17) is 9.97 Å². The van der Waals surface area contributed by atoms with E-state index in [-0.39, 0.29) is 22.9 Å². The van der Waals surface area contributed by atoms with Crippen LogP contribution < -0.4 is 21.1 Å². The SMILES string of the molecule is CC(=O)c1c(C)c2cnc(Nc3ccc(CN4CCCC(N5CCN(c6cccc(C7CCCNC7)c6)CC5)C4)cn3)nc2n(C2CCCC2)c1=O. The van der Waals surface area contributed by atoms with Crippen LogP contribution in [-0.2, 0) is 6.54 Å². The summed E-state index contributed by atoms with van der Waals surface area (Å²) in [4.78, 5) is 48.0. The molecule has 11 nitrogen and oxygen atoms in total. The Morgan fingerprint density at radius 3 is 2.50 bits per heavy atom. The number of piperazine rings is 1. The van der Waals surface area contributed by atoms with E-state index in [0.29, 0.717) is 34.9 Å². The summed E-state index contributed by atoms with van der Waals surface area (Å²) in [6, 6.07) is 14.1. The van der Waals surface area contributed by atoms with Crippen LogP contribution in [0.1, 0.15) is 97.3 Å². The van der Waals surface area contributed by atoms with Crippen molar-refractivity contribution in [1.82, 2.24) is 34.6 Å². The highest BCUT2D eigenvalue weighted by atomic mass is 16.1. The number of carbonyl (C=O) groups is 1. The lowest BCUT2D eigenvalue weighted by Gasteiger charge is -2.44. The molecule has 1 aromatic carbocycles. The maximum absolute atomic E-state index is 13.6. The molecule has 3 aliphatic heterocycles. The monoisotopic (exact) mass is 703 g/mol. The van der Waals surface area contributed by atoms with Crippen LogP contribution >= 0.6 is 0 Å². The van der Waals surface area contributed by atoms with Gasteiger partial charge in [0.15, 0.2) is 5.78 Å². The molecule has 1 aliphatic carbocycles. The quantitative estimate of drug-likeness (QED) is 0.207. The second-order valence-corrected chi connectivity index (χ2v) is 15.5. The Morgan fingerprint density at radius 2 is 1.75 bits per heavy atom. The molecule has 11 heteroatoms. The lowest BCUT2D eigenvalue weighted by molar-refractivity contribution is 0.0887. The van der Waals surface area contributed by atoms with Crippen molar-refractivity contribution in [2.45, 2.75) is 89.8 Å². The molecule has 0 radical (unpaired) electrons. The van der Waals surface area contributed by atoms with E-state index in [1.165, 1.54) is 49.4 Å². The number of pyridine rings is 2. The minimum Gasteiger partial charge on any atom is -0.369 e. The van der Waals surface area contributed by atoms with E-state index < -0.39 is 0 Å². The molecule has 2 N–H and O–H groups in total. The minimum atomic E-state index is -0.243. The number of aromatic nitrogens is 4. The van der Waals surface area contributed by atoms with E-state index in [1.807, 2.05) is 19.2 Å². The van der Waals surface area contributed by atoms with Crippen molar-refractivity contribution < 1.29 is 4.79 Å². The normalized spacial score (nSPS) is 22.2. The van der Waals surface area contributed by atoms with Gasteiger partial charge in [-0.3, -0.25) is 24.0 Å². The molecule has 2 unspecified atom stereocenters. The van der Waals surface area contributed by atoms with Crippen LogP contribution in [0.15, 0.2) is 53.6 Å². The number of nitrogens with zero attached hydrogens (tertiary/aromatic N) is 7. The van der Waals surface area contributed by atoms with E-state index >= 15 is 0 Å². The van der Waals surface area contributed by atoms with Crippen LogP contribution in [0.5, 0.6) is 0 Å². The van der Waals surface area contributed by atoms with Gasteiger partial charge in [-0.2, -0.15) is 4.98 Å². The number of Topliss-reactive ketones (excluding diaryl/α,β-unsaturated/α-hetero) is 1. The molecule has 3 aromatic heterocycles. The number of fused-ring (bicyclic) bond motifs is 1. The van der Waals surface area contributed by atoms with Crippen LogP contribution in [0.25, 0.3) is 11.0 Å². The number of aryl methyl sites for hydroxylation is 1. The van der Waals surface area contributed by atoms with Gasteiger partial charge in [0, 0.05) is 81.4 Å². The average Bonchev–Trinajstić information content (AvgIpc) is 3.71. The number of carbonyl (C=O) groups excluding carboxylic acids is 1. The van der Waals surface area contributed by atoms with E-state index in [0.717, 1.165) is 90.0 Å². The highest BCUT2D eigenvalue weighted by molar-refractivity contribution is 5.99. The van der Waals surface area contributed by atoms with Gasteiger partial charge in [0.05, 0.1) is 5.56 Å². The van der Waals surface area contributed by atoms with Gasteiger partial charge in [-0.05, 0) is 106 Å². The fourth-order valence-corrected chi connectivity index (χ4v) is 9.20. The first-order valence-corrected chi connectivity index (χ1v) is 19.6. The third kappa shape index (κ3) is 7.36. The number of likely N-dealkylation sites (tertiary alicyclic amines) is 1. The van der Waals surface area contributed by atoms with Gasteiger partial charge in [0.25, 0.3) is 5.56 Å². The van der Waals surface area contributed by atoms with Crippen molar-refractivity contribution in [2.75, 3.05) is 62.6 Å². The number of hydrogen-bond donors (Lipinski definition) is 2. The summed E-state index contributed by atoms with van der Waals surface area (Å²) in [5.74, 6) is 1.47. The minimum absolute atomic E-state index is 0.0412. The number of ketones is 1. The van der Waals surface area contributed by atoms with Crippen LogP contribution in [0.3, 0.4) is 0 Å². The van der Waals surface area contributed by atoms with Crippen LogP contribution in [-0.4, -0.2) is 93.5 Å². The molecule has 4 aliphatic rings. The molecule has 6 heterocycles. The Morgan fingerprint density at radius 1 is 0.923 bits per heavy atom. The first kappa shape index (κ1) is 34.9. The van der Waals surface area contributed by atoms with Gasteiger partial charge in [-0.25, -0.2) is 9.97 Å². The summed E-state index contributed by atoms with van der Waals surface area (Å²) in [7, 11) is 0. The van der Waals surface area contributed by atoms with E-state index in [2.05, 4.69) is 60.6 Å². The molecule has 52 heavy (non-hydrogen) atoms. The van der Waals surface area contributed by atoms with Crippen molar-refractivity contribution in [1.29, 1.82) is 0 Å². The molecule has 4 fully saturated rings. The van der Waals surface area contributed by atoms with Crippen molar-refractivity contribution >= 4 is 34.3 Å². The Bertz CT molecular complexity index is 1940. The molecular weight excluding hydrogens is 651 g/mol. The molecule has 2 atom stereocenters. The van der Waals surface area contributed by atoms with Crippen molar-refractivity contribution in [3.05, 3.63) is 81.4 Å².